The molecule has 10 nitrogen and oxygen atoms in total. The molecule has 0 saturated heterocycles. The number of hydrogen-bond donors (Lipinski definition) is 2. The molecule has 0 unspecified atom stereocenters. The van der Waals surface area contributed by atoms with Gasteiger partial charge >= 0.3 is 23.9 Å². The van der Waals surface area contributed by atoms with Crippen molar-refractivity contribution in [3.63, 3.8) is 0 Å². The first-order chi connectivity index (χ1) is 23.5. The van der Waals surface area contributed by atoms with Gasteiger partial charge in [-0.2, -0.15) is 0 Å². The number of cyclic esters (lactones) is 4. The number of nitrogens with two attached hydrogens (primary N) is 2. The number of ether oxygens (including phenoxy) is 4. The predicted octanol–water partition coefficient (Wildman–Crippen LogP) is 6.82. The molecule has 0 spiro atoms. The highest BCUT2D eigenvalue weighted by Gasteiger charge is 2.31. The Labute approximate surface area is 282 Å². The van der Waals surface area contributed by atoms with Crippen molar-refractivity contribution >= 4 is 23.9 Å². The van der Waals surface area contributed by atoms with Gasteiger partial charge in [-0.25, -0.2) is 19.2 Å². The number of rotatable bonds is 8. The molecule has 5 aromatic rings. The van der Waals surface area contributed by atoms with Crippen molar-refractivity contribution in [1.82, 2.24) is 0 Å². The quantitative estimate of drug-likeness (QED) is 0.134. The molecule has 0 aromatic heterocycles. The van der Waals surface area contributed by atoms with E-state index in [4.69, 9.17) is 20.9 Å². The van der Waals surface area contributed by atoms with Gasteiger partial charge in [-0.15, -0.1) is 0 Å². The van der Waals surface area contributed by atoms with Crippen molar-refractivity contribution in [2.24, 2.45) is 11.5 Å². The number of esters is 4. The molecule has 2 aliphatic rings. The lowest BCUT2D eigenvalue weighted by Crippen LogP contribution is -2.18. The van der Waals surface area contributed by atoms with Crippen molar-refractivity contribution in [3.8, 4) is 23.0 Å². The largest absolute Gasteiger partial charge is 0.457 e. The Balaban J connectivity index is 0.000000359. The van der Waals surface area contributed by atoms with E-state index in [0.717, 1.165) is 22.3 Å². The summed E-state index contributed by atoms with van der Waals surface area (Å²) in [6.45, 7) is 5.39. The van der Waals surface area contributed by atoms with Crippen molar-refractivity contribution in [3.05, 3.63) is 154 Å². The second kappa shape index (κ2) is 13.6. The lowest BCUT2D eigenvalue weighted by Gasteiger charge is -2.26. The SMILES string of the molecule is CC(C)(c1ccc(Oc2ccc3c(c2)C(=O)OC3=O)cc1)c1ccc(Oc2ccc3c(c2)C(=O)OC3=O)cc1.NCc1cccc(CN)c1. The number of hydrogen-bond acceptors (Lipinski definition) is 10. The second-order valence-electron chi connectivity index (χ2n) is 11.9. The molecule has 2 heterocycles. The van der Waals surface area contributed by atoms with E-state index in [0.29, 0.717) is 36.1 Å². The van der Waals surface area contributed by atoms with Crippen LogP contribution in [0.3, 0.4) is 0 Å². The average Bonchev–Trinajstić information content (AvgIpc) is 3.56. The van der Waals surface area contributed by atoms with E-state index >= 15 is 0 Å². The molecule has 10 heteroatoms. The van der Waals surface area contributed by atoms with Crippen LogP contribution in [0.1, 0.15) is 77.5 Å². The predicted molar refractivity (Wildman–Crippen MR) is 180 cm³/mol. The van der Waals surface area contributed by atoms with Crippen LogP contribution in [0.15, 0.2) is 109 Å². The molecule has 7 rings (SSSR count). The van der Waals surface area contributed by atoms with Gasteiger partial charge in [-0.1, -0.05) is 62.4 Å². The van der Waals surface area contributed by atoms with Crippen LogP contribution >= 0.6 is 0 Å². The van der Waals surface area contributed by atoms with Crippen LogP contribution < -0.4 is 20.9 Å². The summed E-state index contributed by atoms with van der Waals surface area (Å²) in [5.74, 6) is -0.651. The molecule has 0 bridgehead atoms. The smallest absolute Gasteiger partial charge is 0.347 e. The Hall–Kier alpha value is -6.10. The van der Waals surface area contributed by atoms with Gasteiger partial charge in [0.2, 0.25) is 0 Å². The monoisotopic (exact) mass is 656 g/mol. The number of carbonyl (C=O) groups is 4. The Morgan fingerprint density at radius 1 is 0.490 bits per heavy atom. The highest BCUT2D eigenvalue weighted by Crippen LogP contribution is 2.36. The van der Waals surface area contributed by atoms with Crippen LogP contribution in [0.25, 0.3) is 0 Å². The van der Waals surface area contributed by atoms with Crippen LogP contribution in [-0.2, 0) is 28.0 Å². The molecular formula is C39H32N2O8. The summed E-state index contributed by atoms with van der Waals surface area (Å²) < 4.78 is 21.0. The van der Waals surface area contributed by atoms with E-state index in [2.05, 4.69) is 23.3 Å². The summed E-state index contributed by atoms with van der Waals surface area (Å²) in [7, 11) is 0. The lowest BCUT2D eigenvalue weighted by atomic mass is 9.78. The number of fused-ring (bicyclic) bond motifs is 2. The van der Waals surface area contributed by atoms with Gasteiger partial charge < -0.3 is 30.4 Å². The average molecular weight is 657 g/mol. The van der Waals surface area contributed by atoms with E-state index in [1.807, 2.05) is 72.8 Å². The van der Waals surface area contributed by atoms with Gasteiger partial charge in [0.1, 0.15) is 23.0 Å². The third-order valence-electron chi connectivity index (χ3n) is 8.32. The minimum atomic E-state index is -0.678. The first-order valence-corrected chi connectivity index (χ1v) is 15.4. The van der Waals surface area contributed by atoms with E-state index < -0.39 is 23.9 Å². The normalized spacial score (nSPS) is 13.1. The minimum absolute atomic E-state index is 0.191. The van der Waals surface area contributed by atoms with E-state index in [1.54, 1.807) is 12.1 Å². The fourth-order valence-electron chi connectivity index (χ4n) is 5.46. The standard InChI is InChI=1S/C31H20O8.C8H12N2/c1-31(2,17-3-7-19(8-4-17)36-21-11-13-23-25(15-21)29(34)38-27(23)32)18-5-9-20(10-6-18)37-22-12-14-24-26(16-22)30(35)39-28(24)33;9-5-7-2-1-3-8(4-7)6-10/h3-16H,1-2H3;1-4H,5-6,9-10H2. The Morgan fingerprint density at radius 3 is 1.24 bits per heavy atom. The summed E-state index contributed by atoms with van der Waals surface area (Å²) >= 11 is 0. The van der Waals surface area contributed by atoms with Gasteiger partial charge in [0.05, 0.1) is 22.3 Å². The zero-order valence-corrected chi connectivity index (χ0v) is 26.7. The Kier molecular flexibility index (Phi) is 9.08. The number of carbonyl (C=O) groups excluding carboxylic acids is 4. The first-order valence-electron chi connectivity index (χ1n) is 15.4. The summed E-state index contributed by atoms with van der Waals surface area (Å²) in [6.07, 6.45) is 0. The van der Waals surface area contributed by atoms with Gasteiger partial charge in [-0.05, 0) is 82.9 Å². The molecular weight excluding hydrogens is 624 g/mol. The maximum Gasteiger partial charge on any atom is 0.347 e. The highest BCUT2D eigenvalue weighted by molar-refractivity contribution is 6.15. The minimum Gasteiger partial charge on any atom is -0.457 e. The lowest BCUT2D eigenvalue weighted by molar-refractivity contribution is 0.0425. The van der Waals surface area contributed by atoms with Crippen LogP contribution in [0.4, 0.5) is 0 Å². The molecule has 2 aliphatic heterocycles. The fourth-order valence-corrected chi connectivity index (χ4v) is 5.46. The van der Waals surface area contributed by atoms with Crippen LogP contribution in [0.5, 0.6) is 23.0 Å². The zero-order chi connectivity index (χ0) is 34.7. The van der Waals surface area contributed by atoms with Crippen molar-refractivity contribution < 1.29 is 38.1 Å². The van der Waals surface area contributed by atoms with Crippen LogP contribution in [0.2, 0.25) is 0 Å². The molecule has 246 valence electrons. The summed E-state index contributed by atoms with van der Waals surface area (Å²) in [5, 5.41) is 0. The molecule has 0 atom stereocenters. The van der Waals surface area contributed by atoms with Crippen molar-refractivity contribution in [1.29, 1.82) is 0 Å². The molecule has 0 aliphatic carbocycles. The van der Waals surface area contributed by atoms with Crippen LogP contribution in [0, 0.1) is 0 Å². The molecule has 0 fully saturated rings. The zero-order valence-electron chi connectivity index (χ0n) is 26.7. The van der Waals surface area contributed by atoms with E-state index in [9.17, 15) is 19.2 Å². The molecule has 4 N–H and O–H groups in total. The summed E-state index contributed by atoms with van der Waals surface area (Å²) in [6, 6.07) is 32.5. The maximum atomic E-state index is 11.8. The molecule has 0 saturated carbocycles. The topological polar surface area (TPSA) is 157 Å². The van der Waals surface area contributed by atoms with Crippen LogP contribution in [-0.4, -0.2) is 23.9 Å². The summed E-state index contributed by atoms with van der Waals surface area (Å²) in [4.78, 5) is 46.9. The second-order valence-corrected chi connectivity index (χ2v) is 11.9. The van der Waals surface area contributed by atoms with Gasteiger partial charge in [0.15, 0.2) is 0 Å². The number of benzene rings is 5. The van der Waals surface area contributed by atoms with Gasteiger partial charge in [0, 0.05) is 18.5 Å². The fraction of sp³-hybridized carbons (Fsp3) is 0.128. The Bertz CT molecular complexity index is 1940. The van der Waals surface area contributed by atoms with Crippen molar-refractivity contribution in [2.45, 2.75) is 32.4 Å². The third-order valence-corrected chi connectivity index (χ3v) is 8.32. The van der Waals surface area contributed by atoms with Crippen molar-refractivity contribution in [2.75, 3.05) is 0 Å². The third kappa shape index (κ3) is 6.96. The molecule has 49 heavy (non-hydrogen) atoms. The van der Waals surface area contributed by atoms with Gasteiger partial charge in [-0.3, -0.25) is 0 Å². The molecule has 0 radical (unpaired) electrons. The van der Waals surface area contributed by atoms with Gasteiger partial charge in [0.25, 0.3) is 0 Å². The first kappa shape index (κ1) is 32.8. The maximum absolute atomic E-state index is 11.8. The van der Waals surface area contributed by atoms with E-state index in [-0.39, 0.29) is 27.7 Å². The summed E-state index contributed by atoms with van der Waals surface area (Å²) in [5.41, 5.74) is 15.8. The Morgan fingerprint density at radius 2 is 0.857 bits per heavy atom. The molecule has 5 aromatic carbocycles. The molecule has 0 amide bonds. The highest BCUT2D eigenvalue weighted by atomic mass is 16.6. The van der Waals surface area contributed by atoms with E-state index in [1.165, 1.54) is 24.3 Å².